The van der Waals surface area contributed by atoms with Gasteiger partial charge >= 0.3 is 0 Å². The minimum atomic E-state index is 0.268. The van der Waals surface area contributed by atoms with Gasteiger partial charge in [-0.2, -0.15) is 0 Å². The Labute approximate surface area is 227 Å². The van der Waals surface area contributed by atoms with Crippen molar-refractivity contribution in [2.24, 2.45) is 0 Å². The summed E-state index contributed by atoms with van der Waals surface area (Å²) in [4.78, 5) is 24.6. The maximum Gasteiger partial charge on any atom is 0.232 e. The lowest BCUT2D eigenvalue weighted by atomic mass is 10.1. The molecule has 0 atom stereocenters. The first-order valence-corrected chi connectivity index (χ1v) is 12.2. The van der Waals surface area contributed by atoms with E-state index in [0.29, 0.717) is 39.4 Å². The lowest BCUT2D eigenvalue weighted by Crippen LogP contribution is -1.91. The first kappa shape index (κ1) is 23.7. The van der Waals surface area contributed by atoms with Gasteiger partial charge in [-0.25, -0.2) is 9.97 Å². The fourth-order valence-electron chi connectivity index (χ4n) is 4.07. The molecule has 1 aromatic carbocycles. The van der Waals surface area contributed by atoms with Gasteiger partial charge in [0.2, 0.25) is 23.5 Å². The number of ether oxygens (including phenoxy) is 2. The molecule has 0 spiro atoms. The number of anilines is 2. The Hall–Kier alpha value is -4.68. The van der Waals surface area contributed by atoms with Gasteiger partial charge in [0.25, 0.3) is 0 Å². The Morgan fingerprint density at radius 1 is 0.632 bits per heavy atom. The van der Waals surface area contributed by atoms with Crippen molar-refractivity contribution < 1.29 is 9.47 Å². The van der Waals surface area contributed by atoms with E-state index >= 15 is 0 Å². The van der Waals surface area contributed by atoms with Gasteiger partial charge in [0.15, 0.2) is 0 Å². The van der Waals surface area contributed by atoms with Gasteiger partial charge in [-0.15, -0.1) is 25.3 Å². The second-order valence-corrected chi connectivity index (χ2v) is 9.22. The summed E-state index contributed by atoms with van der Waals surface area (Å²) < 4.78 is 12.2. The van der Waals surface area contributed by atoms with Crippen LogP contribution in [0.5, 0.6) is 23.5 Å². The van der Waals surface area contributed by atoms with E-state index in [1.807, 2.05) is 30.3 Å². The molecule has 3 aromatic heterocycles. The molecule has 2 aliphatic rings. The molecule has 0 bridgehead atoms. The Kier molecular flexibility index (Phi) is 6.02. The normalized spacial score (nSPS) is 11.1. The molecule has 5 heterocycles. The number of aromatic amines is 2. The number of rotatable bonds is 6. The number of hydrogen-bond donors (Lipinski definition) is 6. The Balaban J connectivity index is 1.29. The smallest absolute Gasteiger partial charge is 0.232 e. The van der Waals surface area contributed by atoms with Crippen LogP contribution in [0.15, 0.2) is 83.4 Å². The maximum absolute atomic E-state index is 6.23. The number of aromatic nitrogens is 6. The second kappa shape index (κ2) is 9.65. The average Bonchev–Trinajstić information content (AvgIpc) is 3.59. The molecule has 6 rings (SSSR count). The lowest BCUT2D eigenvalue weighted by Gasteiger charge is -2.05. The molecule has 2 aliphatic heterocycles. The molecule has 4 aromatic rings. The number of nitrogens with one attached hydrogen (secondary N) is 2. The van der Waals surface area contributed by atoms with Crippen LogP contribution in [0.4, 0.5) is 11.6 Å². The number of hydrogen-bond acceptors (Lipinski definition) is 10. The molecule has 38 heavy (non-hydrogen) atoms. The quantitative estimate of drug-likeness (QED) is 0.147. The minimum Gasteiger partial charge on any atom is -0.422 e. The number of benzene rings is 1. The number of thiol groups is 2. The third-order valence-electron chi connectivity index (χ3n) is 5.85. The third kappa shape index (κ3) is 4.35. The van der Waals surface area contributed by atoms with Crippen molar-refractivity contribution in [2.45, 2.75) is 9.79 Å². The summed E-state index contributed by atoms with van der Waals surface area (Å²) >= 11 is 9.00. The van der Waals surface area contributed by atoms with E-state index in [1.165, 1.54) is 6.33 Å². The molecular weight excluding hydrogens is 520 g/mol. The van der Waals surface area contributed by atoms with Gasteiger partial charge in [-0.1, -0.05) is 18.2 Å². The SMILES string of the molecule is Nc1[nH]c(Oc2ncnc(Oc3cc(-c4ccncc4S)c(N)[nH]3)c3cncc2-3)cc1-c1ccccc1S. The van der Waals surface area contributed by atoms with E-state index in [0.717, 1.165) is 27.1 Å². The summed E-state index contributed by atoms with van der Waals surface area (Å²) in [5.74, 6) is 2.19. The predicted octanol–water partition coefficient (Wildman–Crippen LogP) is 5.69. The Bertz CT molecular complexity index is 1630. The highest BCUT2D eigenvalue weighted by atomic mass is 32.1. The van der Waals surface area contributed by atoms with Crippen molar-refractivity contribution in [1.82, 2.24) is 29.9 Å². The highest BCUT2D eigenvalue weighted by Crippen LogP contribution is 2.41. The van der Waals surface area contributed by atoms with Crippen LogP contribution >= 0.6 is 25.3 Å². The van der Waals surface area contributed by atoms with Gasteiger partial charge in [0.1, 0.15) is 18.0 Å². The van der Waals surface area contributed by atoms with E-state index in [2.05, 4.69) is 55.2 Å². The van der Waals surface area contributed by atoms with Crippen LogP contribution in [-0.2, 0) is 0 Å². The summed E-state index contributed by atoms with van der Waals surface area (Å²) in [5.41, 5.74) is 16.8. The molecule has 12 heteroatoms. The van der Waals surface area contributed by atoms with Gasteiger partial charge in [0, 0.05) is 63.4 Å². The predicted molar refractivity (Wildman–Crippen MR) is 150 cm³/mol. The van der Waals surface area contributed by atoms with Crippen LogP contribution in [-0.4, -0.2) is 29.9 Å². The van der Waals surface area contributed by atoms with Crippen LogP contribution in [0, 0.1) is 0 Å². The van der Waals surface area contributed by atoms with Crippen LogP contribution in [0.3, 0.4) is 0 Å². The Morgan fingerprint density at radius 3 is 1.79 bits per heavy atom. The fraction of sp³-hybridized carbons (Fsp3) is 0. The first-order valence-electron chi connectivity index (χ1n) is 11.3. The second-order valence-electron chi connectivity index (χ2n) is 8.25. The molecule has 0 amide bonds. The van der Waals surface area contributed by atoms with E-state index in [9.17, 15) is 0 Å². The fourth-order valence-corrected chi connectivity index (χ4v) is 4.61. The molecule has 0 unspecified atom stereocenters. The van der Waals surface area contributed by atoms with Crippen LogP contribution in [0.2, 0.25) is 0 Å². The highest BCUT2D eigenvalue weighted by Gasteiger charge is 2.21. The van der Waals surface area contributed by atoms with Gasteiger partial charge in [0.05, 0.1) is 11.1 Å². The van der Waals surface area contributed by atoms with E-state index in [4.69, 9.17) is 20.9 Å². The van der Waals surface area contributed by atoms with E-state index in [-0.39, 0.29) is 11.8 Å². The van der Waals surface area contributed by atoms with E-state index < -0.39 is 0 Å². The number of nitrogen functional groups attached to an aromatic ring is 2. The largest absolute Gasteiger partial charge is 0.422 e. The van der Waals surface area contributed by atoms with Crippen molar-refractivity contribution in [3.8, 4) is 56.9 Å². The lowest BCUT2D eigenvalue weighted by molar-refractivity contribution is 0.450. The average molecular weight is 541 g/mol. The molecule has 0 aliphatic carbocycles. The molecule has 6 N–H and O–H groups in total. The topological polar surface area (TPSA) is 154 Å². The zero-order valence-electron chi connectivity index (χ0n) is 19.6. The number of pyridine rings is 1. The number of fused-ring (bicyclic) bond motifs is 1. The number of H-pyrrole nitrogens is 2. The molecule has 0 radical (unpaired) electrons. The van der Waals surface area contributed by atoms with Crippen molar-refractivity contribution in [2.75, 3.05) is 11.5 Å². The monoisotopic (exact) mass is 540 g/mol. The van der Waals surface area contributed by atoms with Gasteiger partial charge in [-0.05, 0) is 17.7 Å². The summed E-state index contributed by atoms with van der Waals surface area (Å²) in [6, 6.07) is 13.0. The van der Waals surface area contributed by atoms with Gasteiger partial charge in [-0.3, -0.25) is 9.97 Å². The molecule has 0 saturated heterocycles. The van der Waals surface area contributed by atoms with Crippen molar-refractivity contribution >= 4 is 36.9 Å². The standard InChI is InChI=1S/C26H20N8O2S2/c27-23-15(13-3-1-2-4-19(13)37)7-21(33-23)35-25-17-9-30-10-18(17)26(32-12-31-25)36-22-8-16(24(28)34-22)14-5-6-29-11-20(14)38/h1-12,33-34,37-38H,27-28H2. The van der Waals surface area contributed by atoms with E-state index in [1.54, 1.807) is 36.9 Å². The summed E-state index contributed by atoms with van der Waals surface area (Å²) in [7, 11) is 0. The van der Waals surface area contributed by atoms with Crippen molar-refractivity contribution in [3.63, 3.8) is 0 Å². The van der Waals surface area contributed by atoms with Crippen LogP contribution in [0.25, 0.3) is 33.4 Å². The summed E-state index contributed by atoms with van der Waals surface area (Å²) in [6.45, 7) is 0. The van der Waals surface area contributed by atoms with Gasteiger partial charge < -0.3 is 30.9 Å². The third-order valence-corrected chi connectivity index (χ3v) is 6.60. The van der Waals surface area contributed by atoms with Crippen molar-refractivity contribution in [1.29, 1.82) is 0 Å². The van der Waals surface area contributed by atoms with Crippen LogP contribution in [0.1, 0.15) is 0 Å². The zero-order valence-corrected chi connectivity index (χ0v) is 21.4. The van der Waals surface area contributed by atoms with Crippen molar-refractivity contribution in [3.05, 3.63) is 73.6 Å². The molecule has 188 valence electrons. The minimum absolute atomic E-state index is 0.268. The highest BCUT2D eigenvalue weighted by molar-refractivity contribution is 7.80. The first-order chi connectivity index (χ1) is 18.5. The Morgan fingerprint density at radius 2 is 1.21 bits per heavy atom. The summed E-state index contributed by atoms with van der Waals surface area (Å²) in [5, 5.41) is 0. The van der Waals surface area contributed by atoms with Crippen LogP contribution < -0.4 is 20.9 Å². The molecule has 0 fully saturated rings. The number of nitrogens with two attached hydrogens (primary N) is 2. The number of nitrogens with zero attached hydrogens (tertiary/aromatic N) is 4. The summed E-state index contributed by atoms with van der Waals surface area (Å²) in [6.07, 6.45) is 7.92. The molecule has 0 saturated carbocycles. The molecule has 10 nitrogen and oxygen atoms in total. The zero-order chi connectivity index (χ0) is 26.2. The maximum atomic E-state index is 6.23. The molecular formula is C26H20N8O2S2.